The highest BCUT2D eigenvalue weighted by atomic mass is 32.2. The Hall–Kier alpha value is -2.16. The number of nitrogens with zero attached hydrogens (tertiary/aromatic N) is 1. The van der Waals surface area contributed by atoms with Gasteiger partial charge in [-0.2, -0.15) is 0 Å². The monoisotopic (exact) mass is 406 g/mol. The lowest BCUT2D eigenvalue weighted by atomic mass is 10.1. The number of hydrogen-bond acceptors (Lipinski definition) is 5. The van der Waals surface area contributed by atoms with Gasteiger partial charge in [0.05, 0.1) is 22.2 Å². The molecule has 3 rings (SSSR count). The molecule has 3 aromatic rings. The molecule has 0 bridgehead atoms. The second kappa shape index (κ2) is 7.84. The van der Waals surface area contributed by atoms with Gasteiger partial charge in [-0.1, -0.05) is 30.4 Å². The van der Waals surface area contributed by atoms with E-state index in [0.717, 1.165) is 28.8 Å². The molecule has 0 aliphatic rings. The predicted octanol–water partition coefficient (Wildman–Crippen LogP) is 3.52. The summed E-state index contributed by atoms with van der Waals surface area (Å²) in [6.45, 7) is 4.41. The van der Waals surface area contributed by atoms with Crippen molar-refractivity contribution < 1.29 is 13.2 Å². The zero-order valence-electron chi connectivity index (χ0n) is 15.4. The van der Waals surface area contributed by atoms with Gasteiger partial charge in [0.1, 0.15) is 5.75 Å². The number of aryl methyl sites for hydroxylation is 1. The fourth-order valence-electron chi connectivity index (χ4n) is 2.91. The zero-order valence-corrected chi connectivity index (χ0v) is 17.1. The lowest BCUT2D eigenvalue weighted by molar-refractivity contribution is 0.414. The second-order valence-corrected chi connectivity index (χ2v) is 8.97. The molecule has 0 saturated heterocycles. The number of aromatic nitrogens is 1. The van der Waals surface area contributed by atoms with Crippen molar-refractivity contribution in [3.63, 3.8) is 0 Å². The molecule has 1 heterocycles. The molecular weight excluding hydrogens is 384 g/mol. The Bertz CT molecular complexity index is 1100. The molecule has 2 aromatic carbocycles. The Morgan fingerprint density at radius 1 is 1.19 bits per heavy atom. The van der Waals surface area contributed by atoms with E-state index >= 15 is 0 Å². The van der Waals surface area contributed by atoms with Crippen LogP contribution in [0.2, 0.25) is 0 Å². The zero-order chi connectivity index (χ0) is 19.6. The van der Waals surface area contributed by atoms with Crippen molar-refractivity contribution in [1.82, 2.24) is 9.29 Å². The quantitative estimate of drug-likeness (QED) is 0.651. The number of benzene rings is 2. The van der Waals surface area contributed by atoms with Gasteiger partial charge < -0.3 is 4.74 Å². The van der Waals surface area contributed by atoms with E-state index in [1.54, 1.807) is 48.9 Å². The first-order chi connectivity index (χ1) is 12.9. The molecule has 0 spiro atoms. The smallest absolute Gasteiger partial charge is 0.308 e. The molecule has 6 nitrogen and oxygen atoms in total. The lowest BCUT2D eigenvalue weighted by Crippen LogP contribution is -2.26. The summed E-state index contributed by atoms with van der Waals surface area (Å²) in [5, 5.41) is 0. The van der Waals surface area contributed by atoms with E-state index in [1.807, 2.05) is 19.1 Å². The molecule has 0 aliphatic heterocycles. The normalized spacial score (nSPS) is 13.0. The van der Waals surface area contributed by atoms with Gasteiger partial charge in [-0.3, -0.25) is 9.36 Å². The number of hydrogen-bond donors (Lipinski definition) is 1. The second-order valence-electron chi connectivity index (χ2n) is 6.27. The van der Waals surface area contributed by atoms with Crippen molar-refractivity contribution in [3.05, 3.63) is 57.7 Å². The average molecular weight is 407 g/mol. The third-order valence-electron chi connectivity index (χ3n) is 4.34. The number of ether oxygens (including phenoxy) is 1. The highest BCUT2D eigenvalue weighted by molar-refractivity contribution is 7.89. The van der Waals surface area contributed by atoms with Gasteiger partial charge in [-0.25, -0.2) is 13.1 Å². The number of nitrogens with one attached hydrogen (secondary N) is 1. The van der Waals surface area contributed by atoms with Gasteiger partial charge >= 0.3 is 4.87 Å². The summed E-state index contributed by atoms with van der Waals surface area (Å²) in [5.41, 5.74) is 1.60. The van der Waals surface area contributed by atoms with E-state index in [1.165, 1.54) is 0 Å². The van der Waals surface area contributed by atoms with Crippen molar-refractivity contribution >= 4 is 31.6 Å². The van der Waals surface area contributed by atoms with Crippen molar-refractivity contribution in [2.45, 2.75) is 37.8 Å². The number of fused-ring (bicyclic) bond motifs is 1. The molecule has 0 aliphatic carbocycles. The van der Waals surface area contributed by atoms with E-state index in [9.17, 15) is 13.2 Å². The van der Waals surface area contributed by atoms with Gasteiger partial charge in [0.25, 0.3) is 0 Å². The largest absolute Gasteiger partial charge is 0.497 e. The Balaban J connectivity index is 1.88. The molecule has 0 amide bonds. The highest BCUT2D eigenvalue weighted by Crippen LogP contribution is 2.24. The van der Waals surface area contributed by atoms with Gasteiger partial charge in [0, 0.05) is 12.6 Å². The Morgan fingerprint density at radius 2 is 1.89 bits per heavy atom. The molecule has 1 aromatic heterocycles. The van der Waals surface area contributed by atoms with Crippen LogP contribution in [0.4, 0.5) is 0 Å². The minimum absolute atomic E-state index is 0.0686. The van der Waals surface area contributed by atoms with Gasteiger partial charge in [-0.15, -0.1) is 0 Å². The van der Waals surface area contributed by atoms with Gasteiger partial charge in [0.2, 0.25) is 10.0 Å². The van der Waals surface area contributed by atoms with Crippen molar-refractivity contribution in [3.8, 4) is 5.75 Å². The number of rotatable bonds is 7. The molecular formula is C19H22N2O4S2. The van der Waals surface area contributed by atoms with E-state index in [2.05, 4.69) is 4.72 Å². The third-order valence-corrected chi connectivity index (χ3v) is 6.83. The fraction of sp³-hybridized carbons (Fsp3) is 0.316. The third kappa shape index (κ3) is 4.07. The van der Waals surface area contributed by atoms with Crippen molar-refractivity contribution in [1.29, 1.82) is 0 Å². The van der Waals surface area contributed by atoms with Crippen LogP contribution in [0.1, 0.15) is 31.9 Å². The van der Waals surface area contributed by atoms with E-state index in [-0.39, 0.29) is 9.77 Å². The van der Waals surface area contributed by atoms with Gasteiger partial charge in [0.15, 0.2) is 0 Å². The average Bonchev–Trinajstić information content (AvgIpc) is 2.96. The van der Waals surface area contributed by atoms with Crippen LogP contribution in [-0.4, -0.2) is 20.1 Å². The van der Waals surface area contributed by atoms with Gasteiger partial charge in [-0.05, 0) is 49.2 Å². The van der Waals surface area contributed by atoms with Crippen LogP contribution in [0.3, 0.4) is 0 Å². The van der Waals surface area contributed by atoms with E-state index in [0.29, 0.717) is 17.0 Å². The Labute approximate surface area is 162 Å². The number of thiazole rings is 1. The summed E-state index contributed by atoms with van der Waals surface area (Å²) in [6.07, 6.45) is 0.840. The van der Waals surface area contributed by atoms with Crippen LogP contribution in [0.15, 0.2) is 52.2 Å². The fourth-order valence-corrected chi connectivity index (χ4v) is 5.20. The maximum Gasteiger partial charge on any atom is 0.308 e. The first-order valence-corrected chi connectivity index (χ1v) is 11.0. The number of sulfonamides is 1. The lowest BCUT2D eigenvalue weighted by Gasteiger charge is -2.15. The molecule has 0 radical (unpaired) electrons. The van der Waals surface area contributed by atoms with E-state index in [4.69, 9.17) is 4.74 Å². The highest BCUT2D eigenvalue weighted by Gasteiger charge is 2.20. The summed E-state index contributed by atoms with van der Waals surface area (Å²) in [6, 6.07) is 11.6. The Morgan fingerprint density at radius 3 is 2.52 bits per heavy atom. The molecule has 1 N–H and O–H groups in total. The maximum absolute atomic E-state index is 12.8. The summed E-state index contributed by atoms with van der Waals surface area (Å²) >= 11 is 1.07. The Kier molecular flexibility index (Phi) is 5.69. The first-order valence-electron chi connectivity index (χ1n) is 8.65. The maximum atomic E-state index is 12.8. The predicted molar refractivity (Wildman–Crippen MR) is 108 cm³/mol. The molecule has 8 heteroatoms. The number of methoxy groups -OCH3 is 1. The van der Waals surface area contributed by atoms with Crippen LogP contribution < -0.4 is 14.3 Å². The van der Waals surface area contributed by atoms with Crippen LogP contribution >= 0.6 is 11.3 Å². The SMILES string of the molecule is CCCn1c(=O)sc2cc(S(=O)(=O)N[C@H](C)c3ccc(OC)cc3)ccc21. The van der Waals surface area contributed by atoms with Crippen molar-refractivity contribution in [2.24, 2.45) is 0 Å². The minimum Gasteiger partial charge on any atom is -0.497 e. The molecule has 0 fully saturated rings. The summed E-state index contributed by atoms with van der Waals surface area (Å²) in [4.78, 5) is 12.2. The molecule has 0 saturated carbocycles. The molecule has 144 valence electrons. The minimum atomic E-state index is -3.72. The summed E-state index contributed by atoms with van der Waals surface area (Å²) < 4.78 is 35.7. The van der Waals surface area contributed by atoms with Crippen LogP contribution in [0.25, 0.3) is 10.2 Å². The molecule has 1 atom stereocenters. The van der Waals surface area contributed by atoms with Crippen LogP contribution in [0.5, 0.6) is 5.75 Å². The summed E-state index contributed by atoms with van der Waals surface area (Å²) in [5.74, 6) is 0.714. The van der Waals surface area contributed by atoms with E-state index < -0.39 is 16.1 Å². The van der Waals surface area contributed by atoms with Crippen LogP contribution in [0, 0.1) is 0 Å². The van der Waals surface area contributed by atoms with Crippen molar-refractivity contribution in [2.75, 3.05) is 7.11 Å². The van der Waals surface area contributed by atoms with Crippen LogP contribution in [-0.2, 0) is 16.6 Å². The summed E-state index contributed by atoms with van der Waals surface area (Å²) in [7, 11) is -2.13. The standard InChI is InChI=1S/C19H22N2O4S2/c1-4-11-21-17-10-9-16(12-18(17)26-19(21)22)27(23,24)20-13(2)14-5-7-15(25-3)8-6-14/h5-10,12-13,20H,4,11H2,1-3H3/t13-/m1/s1. The molecule has 0 unspecified atom stereocenters. The first kappa shape index (κ1) is 19.6. The molecule has 27 heavy (non-hydrogen) atoms. The topological polar surface area (TPSA) is 77.4 Å².